The molecule has 2 nitrogen and oxygen atoms in total. The molecule has 0 aliphatic heterocycles. The first kappa shape index (κ1) is 14.4. The monoisotopic (exact) mass is 268 g/mol. The zero-order valence-electron chi connectivity index (χ0n) is 13.1. The number of rotatable bonds is 4. The summed E-state index contributed by atoms with van der Waals surface area (Å²) in [6.07, 6.45) is 0. The highest BCUT2D eigenvalue weighted by Gasteiger charge is 2.08. The summed E-state index contributed by atoms with van der Waals surface area (Å²) < 4.78 is 0. The van der Waals surface area contributed by atoms with Crippen LogP contribution in [0.4, 0.5) is 11.4 Å². The van der Waals surface area contributed by atoms with Gasteiger partial charge in [0, 0.05) is 31.5 Å². The molecule has 0 amide bonds. The summed E-state index contributed by atoms with van der Waals surface area (Å²) in [4.78, 5) is 2.12. The van der Waals surface area contributed by atoms with Crippen molar-refractivity contribution in [3.8, 4) is 0 Å². The molecule has 0 aliphatic rings. The van der Waals surface area contributed by atoms with E-state index in [0.717, 1.165) is 0 Å². The van der Waals surface area contributed by atoms with E-state index in [9.17, 15) is 0 Å². The third kappa shape index (κ3) is 3.13. The molecule has 1 unspecified atom stereocenters. The Morgan fingerprint density at radius 3 is 2.20 bits per heavy atom. The lowest BCUT2D eigenvalue weighted by Gasteiger charge is -2.19. The molecule has 106 valence electrons. The maximum absolute atomic E-state index is 3.60. The molecule has 0 aromatic heterocycles. The Morgan fingerprint density at radius 1 is 0.950 bits per heavy atom. The van der Waals surface area contributed by atoms with Crippen molar-refractivity contribution in [2.24, 2.45) is 0 Å². The molecule has 2 aromatic carbocycles. The van der Waals surface area contributed by atoms with E-state index in [1.54, 1.807) is 0 Å². The zero-order valence-corrected chi connectivity index (χ0v) is 13.1. The number of aryl methyl sites for hydroxylation is 1. The van der Waals surface area contributed by atoms with Crippen LogP contribution in [0.1, 0.15) is 29.7 Å². The summed E-state index contributed by atoms with van der Waals surface area (Å²) in [5, 5.41) is 3.60. The molecule has 0 bridgehead atoms. The summed E-state index contributed by atoms with van der Waals surface area (Å²) >= 11 is 0. The molecule has 0 fully saturated rings. The molecule has 1 N–H and O–H groups in total. The van der Waals surface area contributed by atoms with Crippen molar-refractivity contribution >= 4 is 11.4 Å². The Hall–Kier alpha value is -1.96. The summed E-state index contributed by atoms with van der Waals surface area (Å²) in [7, 11) is 4.12. The van der Waals surface area contributed by atoms with E-state index in [1.807, 2.05) is 0 Å². The average molecular weight is 268 g/mol. The molecule has 0 saturated carbocycles. The first-order valence-corrected chi connectivity index (χ1v) is 7.09. The Kier molecular flexibility index (Phi) is 4.33. The van der Waals surface area contributed by atoms with Crippen molar-refractivity contribution in [1.29, 1.82) is 0 Å². The van der Waals surface area contributed by atoms with Crippen LogP contribution in [0.15, 0.2) is 42.5 Å². The van der Waals surface area contributed by atoms with Crippen LogP contribution in [0.2, 0.25) is 0 Å². The second kappa shape index (κ2) is 6.00. The molecule has 0 saturated heterocycles. The second-order valence-electron chi connectivity index (χ2n) is 5.60. The van der Waals surface area contributed by atoms with Gasteiger partial charge in [0.2, 0.25) is 0 Å². The lowest BCUT2D eigenvalue weighted by molar-refractivity contribution is 0.881. The summed E-state index contributed by atoms with van der Waals surface area (Å²) in [6.45, 7) is 6.52. The minimum atomic E-state index is 0.298. The van der Waals surface area contributed by atoms with Crippen LogP contribution in [0.25, 0.3) is 0 Å². The van der Waals surface area contributed by atoms with Gasteiger partial charge in [0.05, 0.1) is 0 Å². The van der Waals surface area contributed by atoms with E-state index in [-0.39, 0.29) is 0 Å². The molecular weight excluding hydrogens is 244 g/mol. The normalized spacial score (nSPS) is 12.1. The van der Waals surface area contributed by atoms with Crippen molar-refractivity contribution in [3.05, 3.63) is 59.2 Å². The molecule has 0 spiro atoms. The maximum Gasteiger partial charge on any atom is 0.0485 e. The predicted molar refractivity (Wildman–Crippen MR) is 88.7 cm³/mol. The Balaban J connectivity index is 2.15. The summed E-state index contributed by atoms with van der Waals surface area (Å²) in [5.74, 6) is 0. The minimum Gasteiger partial charge on any atom is -0.378 e. The van der Waals surface area contributed by atoms with E-state index < -0.39 is 0 Å². The molecule has 2 heteroatoms. The highest BCUT2D eigenvalue weighted by atomic mass is 15.1. The number of benzene rings is 2. The largest absolute Gasteiger partial charge is 0.378 e. The summed E-state index contributed by atoms with van der Waals surface area (Å²) in [6, 6.07) is 15.4. The minimum absolute atomic E-state index is 0.298. The Labute approximate surface area is 122 Å². The number of hydrogen-bond donors (Lipinski definition) is 1. The average Bonchev–Trinajstić information content (AvgIpc) is 2.44. The number of nitrogens with one attached hydrogen (secondary N) is 1. The first-order valence-electron chi connectivity index (χ1n) is 7.09. The van der Waals surface area contributed by atoms with Gasteiger partial charge < -0.3 is 10.2 Å². The third-order valence-corrected chi connectivity index (χ3v) is 3.89. The zero-order chi connectivity index (χ0) is 14.7. The molecular formula is C18H24N2. The van der Waals surface area contributed by atoms with E-state index in [1.165, 1.54) is 28.1 Å². The van der Waals surface area contributed by atoms with Gasteiger partial charge in [0.15, 0.2) is 0 Å². The molecule has 2 aromatic rings. The van der Waals surface area contributed by atoms with E-state index in [0.29, 0.717) is 6.04 Å². The lowest BCUT2D eigenvalue weighted by atomic mass is 10.0. The SMILES string of the molecule is Cc1cccc(NC(C)c2ccc(N(C)C)cc2)c1C. The number of anilines is 2. The Morgan fingerprint density at radius 2 is 1.60 bits per heavy atom. The van der Waals surface area contributed by atoms with Gasteiger partial charge in [0.1, 0.15) is 0 Å². The van der Waals surface area contributed by atoms with Crippen LogP contribution in [-0.2, 0) is 0 Å². The van der Waals surface area contributed by atoms with Crippen LogP contribution >= 0.6 is 0 Å². The van der Waals surface area contributed by atoms with Gasteiger partial charge in [-0.15, -0.1) is 0 Å². The highest BCUT2D eigenvalue weighted by molar-refractivity contribution is 5.55. The van der Waals surface area contributed by atoms with Crippen LogP contribution in [0, 0.1) is 13.8 Å². The van der Waals surface area contributed by atoms with E-state index in [4.69, 9.17) is 0 Å². The van der Waals surface area contributed by atoms with Crippen LogP contribution in [0.5, 0.6) is 0 Å². The first-order chi connectivity index (χ1) is 9.49. The fourth-order valence-electron chi connectivity index (χ4n) is 2.29. The van der Waals surface area contributed by atoms with Gasteiger partial charge in [-0.05, 0) is 55.7 Å². The van der Waals surface area contributed by atoms with Crippen LogP contribution in [0.3, 0.4) is 0 Å². The third-order valence-electron chi connectivity index (χ3n) is 3.89. The van der Waals surface area contributed by atoms with Gasteiger partial charge in [-0.3, -0.25) is 0 Å². The molecule has 20 heavy (non-hydrogen) atoms. The van der Waals surface area contributed by atoms with Gasteiger partial charge in [0.25, 0.3) is 0 Å². The van der Waals surface area contributed by atoms with Crippen molar-refractivity contribution in [2.45, 2.75) is 26.8 Å². The molecule has 0 aliphatic carbocycles. The fraction of sp³-hybridized carbons (Fsp3) is 0.333. The van der Waals surface area contributed by atoms with Crippen molar-refractivity contribution in [2.75, 3.05) is 24.3 Å². The van der Waals surface area contributed by atoms with E-state index >= 15 is 0 Å². The van der Waals surface area contributed by atoms with Crippen molar-refractivity contribution in [3.63, 3.8) is 0 Å². The van der Waals surface area contributed by atoms with Gasteiger partial charge in [-0.1, -0.05) is 24.3 Å². The highest BCUT2D eigenvalue weighted by Crippen LogP contribution is 2.25. The van der Waals surface area contributed by atoms with Gasteiger partial charge in [-0.2, -0.15) is 0 Å². The lowest BCUT2D eigenvalue weighted by Crippen LogP contribution is -2.10. The standard InChI is InChI=1S/C18H24N2/c1-13-7-6-8-18(14(13)2)19-15(3)16-9-11-17(12-10-16)20(4)5/h6-12,15,19H,1-5H3. The van der Waals surface area contributed by atoms with Crippen LogP contribution < -0.4 is 10.2 Å². The molecule has 0 heterocycles. The predicted octanol–water partition coefficient (Wildman–Crippen LogP) is 4.54. The number of hydrogen-bond acceptors (Lipinski definition) is 2. The topological polar surface area (TPSA) is 15.3 Å². The second-order valence-corrected chi connectivity index (χ2v) is 5.60. The van der Waals surface area contributed by atoms with E-state index in [2.05, 4.69) is 87.5 Å². The maximum atomic E-state index is 3.60. The number of nitrogens with zero attached hydrogens (tertiary/aromatic N) is 1. The van der Waals surface area contributed by atoms with Crippen LogP contribution in [-0.4, -0.2) is 14.1 Å². The molecule has 0 radical (unpaired) electrons. The van der Waals surface area contributed by atoms with Gasteiger partial charge in [-0.25, -0.2) is 0 Å². The van der Waals surface area contributed by atoms with Gasteiger partial charge >= 0.3 is 0 Å². The Bertz CT molecular complexity index is 570. The van der Waals surface area contributed by atoms with Crippen molar-refractivity contribution in [1.82, 2.24) is 0 Å². The molecule has 2 rings (SSSR count). The molecule has 1 atom stereocenters. The summed E-state index contributed by atoms with van der Waals surface area (Å²) in [5.41, 5.74) is 6.40. The smallest absolute Gasteiger partial charge is 0.0485 e. The van der Waals surface area contributed by atoms with Crippen molar-refractivity contribution < 1.29 is 0 Å². The fourth-order valence-corrected chi connectivity index (χ4v) is 2.29. The quantitative estimate of drug-likeness (QED) is 0.875.